The van der Waals surface area contributed by atoms with Gasteiger partial charge in [0.1, 0.15) is 0 Å². The lowest BCUT2D eigenvalue weighted by molar-refractivity contribution is -0.140. The number of carbonyl (C=O) groups is 1. The maximum atomic E-state index is 12.0. The molecule has 1 aromatic carbocycles. The van der Waals surface area contributed by atoms with E-state index >= 15 is 0 Å². The molecule has 25 heavy (non-hydrogen) atoms. The van der Waals surface area contributed by atoms with E-state index in [9.17, 15) is 9.90 Å². The lowest BCUT2D eigenvalue weighted by Crippen LogP contribution is -2.41. The fraction of sp³-hybridized carbons (Fsp3) is 0.588. The second-order valence-electron chi connectivity index (χ2n) is 7.07. The Bertz CT molecular complexity index is 645. The van der Waals surface area contributed by atoms with Crippen LogP contribution in [0.3, 0.4) is 0 Å². The largest absolute Gasteiger partial charge is 0.503 e. The van der Waals surface area contributed by atoms with E-state index in [2.05, 4.69) is 15.9 Å². The first-order valence-corrected chi connectivity index (χ1v) is 8.80. The van der Waals surface area contributed by atoms with Crippen molar-refractivity contribution in [3.63, 3.8) is 0 Å². The van der Waals surface area contributed by atoms with Crippen LogP contribution in [0.5, 0.6) is 11.5 Å². The number of rotatable bonds is 5. The van der Waals surface area contributed by atoms with Gasteiger partial charge >= 0.3 is 13.1 Å². The molecule has 1 N–H and O–H groups in total. The van der Waals surface area contributed by atoms with Crippen molar-refractivity contribution in [1.29, 1.82) is 0 Å². The Morgan fingerprint density at radius 1 is 1.24 bits per heavy atom. The summed E-state index contributed by atoms with van der Waals surface area (Å²) in [5, 5.41) is 10.0. The Balaban J connectivity index is 2.45. The monoisotopic (exact) mass is 414 g/mol. The van der Waals surface area contributed by atoms with Crippen LogP contribution in [-0.2, 0) is 18.8 Å². The van der Waals surface area contributed by atoms with E-state index in [1.54, 1.807) is 12.1 Å². The van der Waals surface area contributed by atoms with Gasteiger partial charge in [-0.3, -0.25) is 4.79 Å². The van der Waals surface area contributed by atoms with Gasteiger partial charge in [0.15, 0.2) is 11.5 Å². The molecule has 1 atom stereocenters. The number of phenols is 1. The molecule has 6 nitrogen and oxygen atoms in total. The average Bonchev–Trinajstić information content (AvgIpc) is 2.75. The molecule has 138 valence electrons. The Morgan fingerprint density at radius 2 is 1.80 bits per heavy atom. The molecule has 0 saturated carbocycles. The van der Waals surface area contributed by atoms with Crippen LogP contribution in [0.25, 0.3) is 0 Å². The van der Waals surface area contributed by atoms with Crippen LogP contribution in [-0.4, -0.2) is 43.6 Å². The molecule has 0 aromatic heterocycles. The van der Waals surface area contributed by atoms with Crippen LogP contribution in [0, 0.1) is 0 Å². The fourth-order valence-corrected chi connectivity index (χ4v) is 3.11. The predicted molar refractivity (Wildman–Crippen MR) is 97.8 cm³/mol. The minimum Gasteiger partial charge on any atom is -0.503 e. The number of methoxy groups -OCH3 is 2. The third-order valence-corrected chi connectivity index (χ3v) is 5.52. The number of esters is 1. The third-order valence-electron chi connectivity index (χ3n) is 4.91. The molecule has 1 aliphatic heterocycles. The zero-order valence-corrected chi connectivity index (χ0v) is 17.0. The topological polar surface area (TPSA) is 74.2 Å². The number of hydrogen-bond donors (Lipinski definition) is 1. The smallest absolute Gasteiger partial charge is 0.466 e. The number of hydrogen-bond acceptors (Lipinski definition) is 6. The van der Waals surface area contributed by atoms with Crippen molar-refractivity contribution in [3.8, 4) is 11.5 Å². The highest BCUT2D eigenvalue weighted by atomic mass is 79.9. The molecule has 0 bridgehead atoms. The molecule has 1 unspecified atom stereocenters. The third kappa shape index (κ3) is 3.96. The van der Waals surface area contributed by atoms with Crippen molar-refractivity contribution in [2.24, 2.45) is 0 Å². The van der Waals surface area contributed by atoms with Crippen molar-refractivity contribution >= 4 is 29.0 Å². The summed E-state index contributed by atoms with van der Waals surface area (Å²) in [6.45, 7) is 7.82. The minimum absolute atomic E-state index is 0.00279. The van der Waals surface area contributed by atoms with Crippen LogP contribution in [0.4, 0.5) is 0 Å². The van der Waals surface area contributed by atoms with Crippen molar-refractivity contribution < 1.29 is 28.7 Å². The first kappa shape index (κ1) is 20.1. The number of benzene rings is 1. The number of ether oxygens (including phenoxy) is 2. The maximum Gasteiger partial charge on any atom is 0.466 e. The predicted octanol–water partition coefficient (Wildman–Crippen LogP) is 3.44. The molecular formula is C17H24BBrO6. The number of aromatic hydroxyl groups is 1. The lowest BCUT2D eigenvalue weighted by atomic mass is 9.66. The summed E-state index contributed by atoms with van der Waals surface area (Å²) >= 11 is 3.31. The van der Waals surface area contributed by atoms with E-state index in [0.29, 0.717) is 10.2 Å². The van der Waals surface area contributed by atoms with Crippen molar-refractivity contribution in [2.45, 2.75) is 51.1 Å². The molecule has 1 aliphatic rings. The van der Waals surface area contributed by atoms with Crippen LogP contribution in [0.1, 0.15) is 45.5 Å². The Hall–Kier alpha value is -1.25. The molecule has 0 amide bonds. The van der Waals surface area contributed by atoms with Gasteiger partial charge in [-0.1, -0.05) is 0 Å². The first-order chi connectivity index (χ1) is 11.5. The van der Waals surface area contributed by atoms with E-state index in [4.69, 9.17) is 18.8 Å². The van der Waals surface area contributed by atoms with Crippen LogP contribution in [0.2, 0.25) is 0 Å². The van der Waals surface area contributed by atoms with Gasteiger partial charge in [0, 0.05) is 5.82 Å². The zero-order valence-electron chi connectivity index (χ0n) is 15.4. The molecule has 2 rings (SSSR count). The maximum absolute atomic E-state index is 12.0. The number of carbonyl (C=O) groups excluding carboxylic acids is 1. The summed E-state index contributed by atoms with van der Waals surface area (Å²) in [4.78, 5) is 12.0. The van der Waals surface area contributed by atoms with E-state index in [1.807, 2.05) is 27.7 Å². The summed E-state index contributed by atoms with van der Waals surface area (Å²) in [5.41, 5.74) is -0.306. The van der Waals surface area contributed by atoms with Crippen molar-refractivity contribution in [2.75, 3.05) is 14.2 Å². The summed E-state index contributed by atoms with van der Waals surface area (Å²) in [5.74, 6) is -0.491. The molecule has 1 aromatic rings. The molecule has 8 heteroatoms. The molecule has 1 fully saturated rings. The Morgan fingerprint density at radius 3 is 2.28 bits per heavy atom. The van der Waals surface area contributed by atoms with Gasteiger partial charge in [-0.05, 0) is 61.3 Å². The van der Waals surface area contributed by atoms with E-state index in [-0.39, 0.29) is 18.1 Å². The Labute approximate surface area is 157 Å². The molecule has 0 aliphatic carbocycles. The summed E-state index contributed by atoms with van der Waals surface area (Å²) in [6.07, 6.45) is 0.0771. The van der Waals surface area contributed by atoms with E-state index in [1.165, 1.54) is 14.2 Å². The molecular weight excluding hydrogens is 391 g/mol. The normalized spacial score (nSPS) is 19.6. The molecule has 0 spiro atoms. The average molecular weight is 415 g/mol. The summed E-state index contributed by atoms with van der Waals surface area (Å²) in [7, 11) is 2.18. The summed E-state index contributed by atoms with van der Waals surface area (Å²) in [6, 6.07) is 3.41. The zero-order chi connectivity index (χ0) is 19.0. The van der Waals surface area contributed by atoms with Crippen LogP contribution in [0.15, 0.2) is 16.6 Å². The van der Waals surface area contributed by atoms with E-state index < -0.39 is 24.1 Å². The second-order valence-corrected chi connectivity index (χ2v) is 7.92. The highest BCUT2D eigenvalue weighted by Crippen LogP contribution is 2.44. The van der Waals surface area contributed by atoms with Crippen LogP contribution >= 0.6 is 15.9 Å². The molecule has 0 radical (unpaired) electrons. The lowest BCUT2D eigenvalue weighted by Gasteiger charge is -2.32. The van der Waals surface area contributed by atoms with Gasteiger partial charge in [-0.15, -0.1) is 0 Å². The molecule has 1 saturated heterocycles. The quantitative estimate of drug-likeness (QED) is 0.587. The minimum atomic E-state index is -0.634. The highest BCUT2D eigenvalue weighted by molar-refractivity contribution is 9.10. The standard InChI is InChI=1S/C17H24BBrO6/c1-16(2)17(3,4)25-18(24-16)11(9-14(20)23-6)10-7-12(19)15(21)13(8-10)22-5/h7-8,11,21H,9H2,1-6H3. The van der Waals surface area contributed by atoms with E-state index in [0.717, 1.165) is 5.56 Å². The first-order valence-electron chi connectivity index (χ1n) is 8.01. The summed E-state index contributed by atoms with van der Waals surface area (Å²) < 4.78 is 22.8. The SMILES string of the molecule is COC(=O)CC(B1OC(C)(C)C(C)(C)O1)c1cc(Br)c(O)c(OC)c1. The fourth-order valence-electron chi connectivity index (χ4n) is 2.65. The van der Waals surface area contributed by atoms with Gasteiger partial charge in [0.25, 0.3) is 0 Å². The van der Waals surface area contributed by atoms with Gasteiger partial charge in [-0.25, -0.2) is 0 Å². The Kier molecular flexibility index (Phi) is 5.76. The highest BCUT2D eigenvalue weighted by Gasteiger charge is 2.54. The van der Waals surface area contributed by atoms with Crippen molar-refractivity contribution in [3.05, 3.63) is 22.2 Å². The van der Waals surface area contributed by atoms with Gasteiger partial charge in [0.05, 0.1) is 36.3 Å². The number of phenolic OH excluding ortho intramolecular Hbond substituents is 1. The number of halogens is 1. The van der Waals surface area contributed by atoms with Crippen LogP contribution < -0.4 is 4.74 Å². The van der Waals surface area contributed by atoms with Gasteiger partial charge in [-0.2, -0.15) is 0 Å². The van der Waals surface area contributed by atoms with Gasteiger partial charge < -0.3 is 23.9 Å². The molecule has 1 heterocycles. The second kappa shape index (κ2) is 7.17. The van der Waals surface area contributed by atoms with Gasteiger partial charge in [0.2, 0.25) is 0 Å². The van der Waals surface area contributed by atoms with Crippen molar-refractivity contribution in [1.82, 2.24) is 0 Å².